The molecule has 2 aromatic heterocycles. The van der Waals surface area contributed by atoms with E-state index in [0.717, 1.165) is 28.1 Å². The second-order valence-electron chi connectivity index (χ2n) is 6.00. The highest BCUT2D eigenvalue weighted by Crippen LogP contribution is 2.30. The second kappa shape index (κ2) is 7.25. The number of anilines is 2. The summed E-state index contributed by atoms with van der Waals surface area (Å²) in [5.74, 6) is 1.43. The lowest BCUT2D eigenvalue weighted by Crippen LogP contribution is -2.02. The van der Waals surface area contributed by atoms with Crippen LogP contribution in [0.25, 0.3) is 16.7 Å². The molecule has 0 saturated carbocycles. The third kappa shape index (κ3) is 3.31. The largest absolute Gasteiger partial charge is 0.492 e. The molecular formula is C20H18ClN5O. The first-order valence-corrected chi connectivity index (χ1v) is 8.99. The van der Waals surface area contributed by atoms with Crippen LogP contribution in [0.2, 0.25) is 5.02 Å². The number of para-hydroxylation sites is 2. The lowest BCUT2D eigenvalue weighted by atomic mass is 10.2. The molecule has 0 fully saturated rings. The Morgan fingerprint density at radius 3 is 2.85 bits per heavy atom. The summed E-state index contributed by atoms with van der Waals surface area (Å²) in [5, 5.41) is 9.31. The smallest absolute Gasteiger partial charge is 0.168 e. The van der Waals surface area contributed by atoms with Gasteiger partial charge in [-0.15, -0.1) is 0 Å². The van der Waals surface area contributed by atoms with E-state index < -0.39 is 0 Å². The average Bonchev–Trinajstić information content (AvgIpc) is 3.10. The monoisotopic (exact) mass is 379 g/mol. The number of hydrogen-bond acceptors (Lipinski definition) is 5. The van der Waals surface area contributed by atoms with Crippen LogP contribution in [0.15, 0.2) is 55.0 Å². The second-order valence-corrected chi connectivity index (χ2v) is 6.44. The molecule has 27 heavy (non-hydrogen) atoms. The fourth-order valence-electron chi connectivity index (χ4n) is 2.91. The standard InChI is InChI=1S/C20H18ClN5O/c1-3-27-18-7-5-4-6-16(18)25-19-15-11-24-26(20(15)23-12-22-19)17-10-14(21)9-8-13(17)2/h4-12H,3H2,1-2H3,(H,22,23,25). The van der Waals surface area contributed by atoms with E-state index in [1.54, 1.807) is 10.9 Å². The van der Waals surface area contributed by atoms with Gasteiger partial charge < -0.3 is 10.1 Å². The highest BCUT2D eigenvalue weighted by atomic mass is 35.5. The molecule has 136 valence electrons. The van der Waals surface area contributed by atoms with E-state index in [1.165, 1.54) is 6.33 Å². The Balaban J connectivity index is 1.79. The molecule has 4 rings (SSSR count). The van der Waals surface area contributed by atoms with Crippen LogP contribution < -0.4 is 10.1 Å². The molecule has 2 heterocycles. The summed E-state index contributed by atoms with van der Waals surface area (Å²) in [6.07, 6.45) is 3.27. The Kier molecular flexibility index (Phi) is 4.64. The minimum atomic E-state index is 0.587. The van der Waals surface area contributed by atoms with Gasteiger partial charge in [0.05, 0.1) is 29.6 Å². The van der Waals surface area contributed by atoms with Crippen molar-refractivity contribution < 1.29 is 4.74 Å². The Morgan fingerprint density at radius 1 is 1.15 bits per heavy atom. The predicted octanol–water partition coefficient (Wildman–Crippen LogP) is 4.92. The van der Waals surface area contributed by atoms with Gasteiger partial charge in [0.15, 0.2) is 5.65 Å². The van der Waals surface area contributed by atoms with Crippen LogP contribution in [0.4, 0.5) is 11.5 Å². The van der Waals surface area contributed by atoms with E-state index in [1.807, 2.05) is 56.3 Å². The van der Waals surface area contributed by atoms with Crippen LogP contribution in [0.1, 0.15) is 12.5 Å². The van der Waals surface area contributed by atoms with E-state index in [0.29, 0.717) is 23.1 Å². The van der Waals surface area contributed by atoms with Gasteiger partial charge in [0, 0.05) is 5.02 Å². The number of rotatable bonds is 5. The van der Waals surface area contributed by atoms with Crippen LogP contribution in [0.5, 0.6) is 5.75 Å². The minimum Gasteiger partial charge on any atom is -0.492 e. The molecule has 0 aliphatic carbocycles. The van der Waals surface area contributed by atoms with E-state index in [9.17, 15) is 0 Å². The van der Waals surface area contributed by atoms with Crippen molar-refractivity contribution in [2.45, 2.75) is 13.8 Å². The Hall–Kier alpha value is -3.12. The van der Waals surface area contributed by atoms with Gasteiger partial charge in [0.1, 0.15) is 17.9 Å². The molecule has 7 heteroatoms. The van der Waals surface area contributed by atoms with Crippen molar-refractivity contribution in [1.29, 1.82) is 0 Å². The zero-order valence-electron chi connectivity index (χ0n) is 15.0. The van der Waals surface area contributed by atoms with Gasteiger partial charge in [0.25, 0.3) is 0 Å². The van der Waals surface area contributed by atoms with E-state index in [4.69, 9.17) is 16.3 Å². The van der Waals surface area contributed by atoms with E-state index in [2.05, 4.69) is 20.4 Å². The molecule has 0 spiro atoms. The zero-order chi connectivity index (χ0) is 18.8. The van der Waals surface area contributed by atoms with E-state index >= 15 is 0 Å². The number of aromatic nitrogens is 4. The van der Waals surface area contributed by atoms with Gasteiger partial charge in [-0.25, -0.2) is 14.6 Å². The summed E-state index contributed by atoms with van der Waals surface area (Å²) in [6.45, 7) is 4.55. The van der Waals surface area contributed by atoms with Crippen molar-refractivity contribution >= 4 is 34.1 Å². The number of nitrogens with zero attached hydrogens (tertiary/aromatic N) is 4. The first-order valence-electron chi connectivity index (χ1n) is 8.61. The number of fused-ring (bicyclic) bond motifs is 1. The number of ether oxygens (including phenoxy) is 1. The summed E-state index contributed by atoms with van der Waals surface area (Å²) < 4.78 is 7.46. The summed E-state index contributed by atoms with van der Waals surface area (Å²) in [7, 11) is 0. The fourth-order valence-corrected chi connectivity index (χ4v) is 3.08. The van der Waals surface area contributed by atoms with Gasteiger partial charge in [0.2, 0.25) is 0 Å². The van der Waals surface area contributed by atoms with Crippen molar-refractivity contribution in [2.75, 3.05) is 11.9 Å². The molecule has 0 aliphatic heterocycles. The summed E-state index contributed by atoms with van der Waals surface area (Å²) >= 11 is 6.17. The van der Waals surface area contributed by atoms with Crippen LogP contribution in [-0.4, -0.2) is 26.4 Å². The quantitative estimate of drug-likeness (QED) is 0.533. The van der Waals surface area contributed by atoms with Gasteiger partial charge in [-0.1, -0.05) is 29.8 Å². The molecule has 2 aromatic carbocycles. The third-order valence-corrected chi connectivity index (χ3v) is 4.44. The third-order valence-electron chi connectivity index (χ3n) is 4.21. The molecule has 0 aliphatic rings. The van der Waals surface area contributed by atoms with Crippen LogP contribution in [-0.2, 0) is 0 Å². The molecule has 0 radical (unpaired) electrons. The van der Waals surface area contributed by atoms with Crippen LogP contribution in [0.3, 0.4) is 0 Å². The van der Waals surface area contributed by atoms with Crippen molar-refractivity contribution in [3.05, 3.63) is 65.6 Å². The lowest BCUT2D eigenvalue weighted by molar-refractivity contribution is 0.342. The van der Waals surface area contributed by atoms with Crippen LogP contribution in [0, 0.1) is 6.92 Å². The Labute approximate surface area is 161 Å². The van der Waals surface area contributed by atoms with Crippen molar-refractivity contribution in [3.8, 4) is 11.4 Å². The molecule has 0 unspecified atom stereocenters. The van der Waals surface area contributed by atoms with Crippen molar-refractivity contribution in [1.82, 2.24) is 19.7 Å². The summed E-state index contributed by atoms with van der Waals surface area (Å²) in [6, 6.07) is 13.5. The number of nitrogens with one attached hydrogen (secondary N) is 1. The average molecular weight is 380 g/mol. The molecule has 1 N–H and O–H groups in total. The number of hydrogen-bond donors (Lipinski definition) is 1. The molecular weight excluding hydrogens is 362 g/mol. The highest BCUT2D eigenvalue weighted by molar-refractivity contribution is 6.30. The first kappa shape index (κ1) is 17.3. The maximum absolute atomic E-state index is 6.17. The fraction of sp³-hybridized carbons (Fsp3) is 0.150. The van der Waals surface area contributed by atoms with Crippen molar-refractivity contribution in [2.24, 2.45) is 0 Å². The first-order chi connectivity index (χ1) is 13.2. The molecule has 0 bridgehead atoms. The number of aryl methyl sites for hydroxylation is 1. The summed E-state index contributed by atoms with van der Waals surface area (Å²) in [5.41, 5.74) is 3.48. The number of benzene rings is 2. The van der Waals surface area contributed by atoms with Gasteiger partial charge in [-0.2, -0.15) is 5.10 Å². The zero-order valence-corrected chi connectivity index (χ0v) is 15.7. The molecule has 0 saturated heterocycles. The Morgan fingerprint density at radius 2 is 2.00 bits per heavy atom. The topological polar surface area (TPSA) is 64.9 Å². The molecule has 4 aromatic rings. The van der Waals surface area contributed by atoms with Crippen LogP contribution >= 0.6 is 11.6 Å². The molecule has 0 amide bonds. The molecule has 0 atom stereocenters. The normalized spacial score (nSPS) is 10.9. The van der Waals surface area contributed by atoms with Crippen molar-refractivity contribution in [3.63, 3.8) is 0 Å². The van der Waals surface area contributed by atoms with Gasteiger partial charge in [-0.05, 0) is 43.7 Å². The molecule has 6 nitrogen and oxygen atoms in total. The van der Waals surface area contributed by atoms with Gasteiger partial charge in [-0.3, -0.25) is 0 Å². The van der Waals surface area contributed by atoms with E-state index in [-0.39, 0.29) is 0 Å². The summed E-state index contributed by atoms with van der Waals surface area (Å²) in [4.78, 5) is 8.82. The number of halogens is 1. The van der Waals surface area contributed by atoms with Gasteiger partial charge >= 0.3 is 0 Å². The maximum atomic E-state index is 6.17. The predicted molar refractivity (Wildman–Crippen MR) is 107 cm³/mol. The minimum absolute atomic E-state index is 0.587. The lowest BCUT2D eigenvalue weighted by Gasteiger charge is -2.12. The highest BCUT2D eigenvalue weighted by Gasteiger charge is 2.14. The maximum Gasteiger partial charge on any atom is 0.168 e. The Bertz CT molecular complexity index is 1110. The SMILES string of the molecule is CCOc1ccccc1Nc1ncnc2c1cnn2-c1cc(Cl)ccc1C.